The smallest absolute Gasteiger partial charge is 0.359 e. The molecule has 1 aromatic carbocycles. The molecule has 102 valence electrons. The minimum atomic E-state index is -0.729. The molecule has 0 saturated carbocycles. The fraction of sp³-hybridized carbons (Fsp3) is 0.0833. The average Bonchev–Trinajstić information content (AvgIpc) is 2.90. The van der Waals surface area contributed by atoms with Gasteiger partial charge in [-0.05, 0) is 12.1 Å². The minimum Gasteiger partial charge on any atom is -0.464 e. The van der Waals surface area contributed by atoms with Gasteiger partial charge in [-0.15, -0.1) is 0 Å². The number of nitro groups is 1. The first-order valence-electron chi connectivity index (χ1n) is 5.45. The molecule has 0 fully saturated rings. The molecule has 0 aliphatic heterocycles. The Bertz CT molecular complexity index is 675. The van der Waals surface area contributed by atoms with Gasteiger partial charge in [0, 0.05) is 18.3 Å². The van der Waals surface area contributed by atoms with Crippen molar-refractivity contribution >= 4 is 17.9 Å². The number of nitro benzene ring substituents is 1. The predicted molar refractivity (Wildman–Crippen MR) is 66.9 cm³/mol. The van der Waals surface area contributed by atoms with Crippen LogP contribution in [0.3, 0.4) is 0 Å². The van der Waals surface area contributed by atoms with Crippen LogP contribution in [0, 0.1) is 10.1 Å². The van der Waals surface area contributed by atoms with Gasteiger partial charge in [-0.1, -0.05) is 0 Å². The maximum atomic E-state index is 11.4. The first-order valence-corrected chi connectivity index (χ1v) is 5.45. The third-order valence-electron chi connectivity index (χ3n) is 2.57. The van der Waals surface area contributed by atoms with Crippen molar-refractivity contribution in [2.45, 2.75) is 0 Å². The zero-order chi connectivity index (χ0) is 14.7. The van der Waals surface area contributed by atoms with Crippen molar-refractivity contribution in [3.8, 4) is 5.69 Å². The van der Waals surface area contributed by atoms with Crippen LogP contribution in [0.1, 0.15) is 20.8 Å². The lowest BCUT2D eigenvalue weighted by Gasteiger charge is -2.00. The van der Waals surface area contributed by atoms with E-state index in [-0.39, 0.29) is 16.9 Å². The summed E-state index contributed by atoms with van der Waals surface area (Å²) in [6, 6.07) is 5.52. The largest absolute Gasteiger partial charge is 0.464 e. The van der Waals surface area contributed by atoms with Crippen LogP contribution in [-0.4, -0.2) is 34.1 Å². The molecule has 0 atom stereocenters. The fourth-order valence-electron chi connectivity index (χ4n) is 1.59. The lowest BCUT2D eigenvalue weighted by molar-refractivity contribution is -0.384. The number of rotatable bonds is 4. The van der Waals surface area contributed by atoms with E-state index in [0.29, 0.717) is 12.0 Å². The number of methoxy groups -OCH3 is 1. The fourth-order valence-corrected chi connectivity index (χ4v) is 1.59. The van der Waals surface area contributed by atoms with Crippen LogP contribution in [0.15, 0.2) is 30.5 Å². The second-order valence-electron chi connectivity index (χ2n) is 3.76. The highest BCUT2D eigenvalue weighted by Gasteiger charge is 2.17. The maximum absolute atomic E-state index is 11.4. The minimum absolute atomic E-state index is 0.0651. The molecule has 20 heavy (non-hydrogen) atoms. The molecule has 8 heteroatoms. The molecule has 1 aromatic heterocycles. The van der Waals surface area contributed by atoms with Crippen LogP contribution < -0.4 is 0 Å². The Morgan fingerprint density at radius 2 is 2.05 bits per heavy atom. The van der Waals surface area contributed by atoms with Crippen LogP contribution in [0.2, 0.25) is 0 Å². The number of hydrogen-bond donors (Lipinski definition) is 0. The van der Waals surface area contributed by atoms with E-state index in [0.717, 1.165) is 0 Å². The molecule has 0 unspecified atom stereocenters. The summed E-state index contributed by atoms with van der Waals surface area (Å²) < 4.78 is 5.79. The molecule has 0 aliphatic carbocycles. The van der Waals surface area contributed by atoms with Crippen molar-refractivity contribution in [1.29, 1.82) is 0 Å². The Morgan fingerprint density at radius 3 is 2.55 bits per heavy atom. The zero-order valence-electron chi connectivity index (χ0n) is 10.3. The van der Waals surface area contributed by atoms with E-state index in [2.05, 4.69) is 9.84 Å². The number of hydrogen-bond acceptors (Lipinski definition) is 6. The summed E-state index contributed by atoms with van der Waals surface area (Å²) in [5, 5.41) is 14.5. The van der Waals surface area contributed by atoms with Gasteiger partial charge in [0.1, 0.15) is 0 Å². The predicted octanol–water partition coefficient (Wildman–Crippen LogP) is 1.38. The summed E-state index contributed by atoms with van der Waals surface area (Å²) in [7, 11) is 1.18. The number of ether oxygens (including phenoxy) is 1. The zero-order valence-corrected chi connectivity index (χ0v) is 10.3. The lowest BCUT2D eigenvalue weighted by Crippen LogP contribution is -2.06. The lowest BCUT2D eigenvalue weighted by atomic mass is 10.2. The molecule has 0 amide bonds. The van der Waals surface area contributed by atoms with Gasteiger partial charge in [0.2, 0.25) is 0 Å². The molecular formula is C12H9N3O5. The molecular weight excluding hydrogens is 266 g/mol. The quantitative estimate of drug-likeness (QED) is 0.361. The highest BCUT2D eigenvalue weighted by Crippen LogP contribution is 2.16. The maximum Gasteiger partial charge on any atom is 0.359 e. The second kappa shape index (κ2) is 5.31. The number of esters is 1. The van der Waals surface area contributed by atoms with Crippen molar-refractivity contribution in [3.05, 3.63) is 51.8 Å². The number of aromatic nitrogens is 2. The molecule has 0 N–H and O–H groups in total. The summed E-state index contributed by atoms with van der Waals surface area (Å²) >= 11 is 0. The summed E-state index contributed by atoms with van der Waals surface area (Å²) in [5.74, 6) is -0.729. The van der Waals surface area contributed by atoms with Gasteiger partial charge in [0.05, 0.1) is 23.3 Å². The van der Waals surface area contributed by atoms with E-state index in [4.69, 9.17) is 0 Å². The molecule has 0 radical (unpaired) electrons. The Morgan fingerprint density at radius 1 is 1.40 bits per heavy atom. The normalized spacial score (nSPS) is 10.1. The van der Waals surface area contributed by atoms with Crippen LogP contribution >= 0.6 is 0 Å². The van der Waals surface area contributed by atoms with E-state index >= 15 is 0 Å². The Balaban J connectivity index is 2.42. The second-order valence-corrected chi connectivity index (χ2v) is 3.76. The van der Waals surface area contributed by atoms with Crippen molar-refractivity contribution in [3.63, 3.8) is 0 Å². The number of nitrogens with zero attached hydrogens (tertiary/aromatic N) is 3. The standard InChI is InChI=1S/C12H9N3O5/c1-20-12(17)11-8(7-16)6-14(13-11)9-2-4-10(5-3-9)15(18)19/h2-7H,1H3. The van der Waals surface area contributed by atoms with Gasteiger partial charge in [-0.3, -0.25) is 14.9 Å². The highest BCUT2D eigenvalue weighted by atomic mass is 16.6. The van der Waals surface area contributed by atoms with Gasteiger partial charge >= 0.3 is 5.97 Å². The topological polar surface area (TPSA) is 104 Å². The van der Waals surface area contributed by atoms with E-state index in [1.165, 1.54) is 42.3 Å². The molecule has 2 aromatic rings. The van der Waals surface area contributed by atoms with Gasteiger partial charge in [-0.25, -0.2) is 9.48 Å². The average molecular weight is 275 g/mol. The number of non-ortho nitro benzene ring substituents is 1. The molecule has 0 aliphatic rings. The van der Waals surface area contributed by atoms with Gasteiger partial charge in [0.15, 0.2) is 12.0 Å². The molecule has 0 bridgehead atoms. The first kappa shape index (κ1) is 13.4. The van der Waals surface area contributed by atoms with Gasteiger partial charge in [-0.2, -0.15) is 5.10 Å². The van der Waals surface area contributed by atoms with Crippen molar-refractivity contribution < 1.29 is 19.2 Å². The monoisotopic (exact) mass is 275 g/mol. The summed E-state index contributed by atoms with van der Waals surface area (Å²) in [6.07, 6.45) is 1.83. The molecule has 8 nitrogen and oxygen atoms in total. The van der Waals surface area contributed by atoms with Crippen molar-refractivity contribution in [2.75, 3.05) is 7.11 Å². The van der Waals surface area contributed by atoms with Crippen molar-refractivity contribution in [2.24, 2.45) is 0 Å². The number of aldehydes is 1. The SMILES string of the molecule is COC(=O)c1nn(-c2ccc([N+](=O)[O-])cc2)cc1C=O. The summed E-state index contributed by atoms with van der Waals surface area (Å²) in [5.41, 5.74) is 0.384. The van der Waals surface area contributed by atoms with Crippen LogP contribution in [-0.2, 0) is 4.74 Å². The van der Waals surface area contributed by atoms with E-state index in [9.17, 15) is 19.7 Å². The molecule has 0 saturated heterocycles. The summed E-state index contributed by atoms with van der Waals surface area (Å²) in [6.45, 7) is 0. The number of benzene rings is 1. The third kappa shape index (κ3) is 2.39. The van der Waals surface area contributed by atoms with E-state index < -0.39 is 10.9 Å². The Labute approximate surface area is 112 Å². The van der Waals surface area contributed by atoms with Gasteiger partial charge < -0.3 is 4.74 Å². The van der Waals surface area contributed by atoms with Crippen LogP contribution in [0.4, 0.5) is 5.69 Å². The van der Waals surface area contributed by atoms with E-state index in [1.54, 1.807) is 0 Å². The highest BCUT2D eigenvalue weighted by molar-refractivity contribution is 5.96. The molecule has 2 rings (SSSR count). The molecule has 0 spiro atoms. The van der Waals surface area contributed by atoms with E-state index in [1.807, 2.05) is 0 Å². The Kier molecular flexibility index (Phi) is 3.56. The van der Waals surface area contributed by atoms with Gasteiger partial charge in [0.25, 0.3) is 5.69 Å². The number of carbonyl (C=O) groups is 2. The first-order chi connectivity index (χ1) is 9.56. The van der Waals surface area contributed by atoms with Crippen LogP contribution in [0.5, 0.6) is 0 Å². The van der Waals surface area contributed by atoms with Crippen molar-refractivity contribution in [1.82, 2.24) is 9.78 Å². The molecule has 1 heterocycles. The van der Waals surface area contributed by atoms with Crippen LogP contribution in [0.25, 0.3) is 5.69 Å². The number of carbonyl (C=O) groups excluding carboxylic acids is 2. The Hall–Kier alpha value is -3.03. The third-order valence-corrected chi connectivity index (χ3v) is 2.57. The summed E-state index contributed by atoms with van der Waals surface area (Å²) in [4.78, 5) is 32.4.